The second-order valence-corrected chi connectivity index (χ2v) is 7.32. The van der Waals surface area contributed by atoms with E-state index in [4.69, 9.17) is 9.15 Å². The van der Waals surface area contributed by atoms with Crippen LogP contribution in [0.1, 0.15) is 5.76 Å². The van der Waals surface area contributed by atoms with Crippen molar-refractivity contribution in [3.63, 3.8) is 0 Å². The van der Waals surface area contributed by atoms with Crippen LogP contribution in [0.15, 0.2) is 51.8 Å². The van der Waals surface area contributed by atoms with E-state index in [9.17, 15) is 14.4 Å². The standard InChI is InChI=1S/C20H18N2O5S/c23-18(21-8-10-26-11-9-21)13-22-19(24)17(28-20(22)25)12-15-6-7-16(27-15)14-4-2-1-3-5-14/h1-7,12H,8-11,13H2/b17-12+. The Hall–Kier alpha value is -2.84. The quantitative estimate of drug-likeness (QED) is 0.737. The average Bonchev–Trinajstić information content (AvgIpc) is 3.30. The van der Waals surface area contributed by atoms with Gasteiger partial charge in [0.2, 0.25) is 5.91 Å². The van der Waals surface area contributed by atoms with E-state index in [-0.39, 0.29) is 17.4 Å². The molecule has 2 aliphatic heterocycles. The Morgan fingerprint density at radius 2 is 1.82 bits per heavy atom. The molecule has 4 rings (SSSR count). The highest BCUT2D eigenvalue weighted by molar-refractivity contribution is 8.18. The number of hydrogen-bond acceptors (Lipinski definition) is 6. The van der Waals surface area contributed by atoms with Gasteiger partial charge in [-0.15, -0.1) is 0 Å². The van der Waals surface area contributed by atoms with Gasteiger partial charge in [-0.1, -0.05) is 30.3 Å². The summed E-state index contributed by atoms with van der Waals surface area (Å²) in [7, 11) is 0. The van der Waals surface area contributed by atoms with Crippen molar-refractivity contribution in [2.24, 2.45) is 0 Å². The molecule has 2 saturated heterocycles. The highest BCUT2D eigenvalue weighted by atomic mass is 32.2. The molecule has 8 heteroatoms. The van der Waals surface area contributed by atoms with Crippen LogP contribution in [0.3, 0.4) is 0 Å². The van der Waals surface area contributed by atoms with Gasteiger partial charge in [-0.05, 0) is 23.9 Å². The van der Waals surface area contributed by atoms with E-state index in [1.165, 1.54) is 6.08 Å². The highest BCUT2D eigenvalue weighted by Gasteiger charge is 2.37. The molecular weight excluding hydrogens is 380 g/mol. The van der Waals surface area contributed by atoms with Gasteiger partial charge in [-0.3, -0.25) is 19.3 Å². The molecule has 28 heavy (non-hydrogen) atoms. The molecule has 0 N–H and O–H groups in total. The van der Waals surface area contributed by atoms with Crippen LogP contribution in [0.2, 0.25) is 0 Å². The van der Waals surface area contributed by atoms with Crippen molar-refractivity contribution >= 4 is 34.9 Å². The minimum absolute atomic E-state index is 0.244. The highest BCUT2D eigenvalue weighted by Crippen LogP contribution is 2.33. The van der Waals surface area contributed by atoms with E-state index in [0.29, 0.717) is 37.8 Å². The maximum atomic E-state index is 12.6. The molecule has 3 amide bonds. The lowest BCUT2D eigenvalue weighted by molar-refractivity contribution is -0.139. The van der Waals surface area contributed by atoms with E-state index in [1.54, 1.807) is 11.0 Å². The first-order valence-corrected chi connectivity index (χ1v) is 9.69. The molecular formula is C20H18N2O5S. The van der Waals surface area contributed by atoms with Gasteiger partial charge in [-0.25, -0.2) is 0 Å². The molecule has 0 aliphatic carbocycles. The molecule has 0 unspecified atom stereocenters. The molecule has 3 heterocycles. The number of thioether (sulfide) groups is 1. The number of carbonyl (C=O) groups excluding carboxylic acids is 3. The summed E-state index contributed by atoms with van der Waals surface area (Å²) in [6.45, 7) is 1.63. The Balaban J connectivity index is 1.46. The molecule has 2 aromatic rings. The second-order valence-electron chi connectivity index (χ2n) is 6.33. The summed E-state index contributed by atoms with van der Waals surface area (Å²) in [5.41, 5.74) is 0.923. The van der Waals surface area contributed by atoms with E-state index in [2.05, 4.69) is 0 Å². The topological polar surface area (TPSA) is 80.1 Å². The van der Waals surface area contributed by atoms with Crippen LogP contribution in [0.25, 0.3) is 17.4 Å². The van der Waals surface area contributed by atoms with Gasteiger partial charge < -0.3 is 14.1 Å². The number of amides is 3. The maximum absolute atomic E-state index is 12.6. The predicted molar refractivity (Wildman–Crippen MR) is 104 cm³/mol. The summed E-state index contributed by atoms with van der Waals surface area (Å²) >= 11 is 0.813. The van der Waals surface area contributed by atoms with Gasteiger partial charge in [-0.2, -0.15) is 0 Å². The van der Waals surface area contributed by atoms with Crippen molar-refractivity contribution in [2.45, 2.75) is 0 Å². The van der Waals surface area contributed by atoms with Crippen molar-refractivity contribution in [1.82, 2.24) is 9.80 Å². The Kier molecular flexibility index (Phi) is 5.31. The van der Waals surface area contributed by atoms with Crippen LogP contribution < -0.4 is 0 Å². The number of morpholine rings is 1. The van der Waals surface area contributed by atoms with Gasteiger partial charge in [0.05, 0.1) is 18.1 Å². The lowest BCUT2D eigenvalue weighted by Crippen LogP contribution is -2.46. The number of hydrogen-bond donors (Lipinski definition) is 0. The molecule has 7 nitrogen and oxygen atoms in total. The first-order chi connectivity index (χ1) is 13.6. The molecule has 0 atom stereocenters. The van der Waals surface area contributed by atoms with Crippen molar-refractivity contribution in [1.29, 1.82) is 0 Å². The molecule has 2 fully saturated rings. The summed E-state index contributed by atoms with van der Waals surface area (Å²) in [5, 5.41) is -0.451. The molecule has 0 radical (unpaired) electrons. The minimum atomic E-state index is -0.478. The summed E-state index contributed by atoms with van der Waals surface area (Å²) in [4.78, 5) is 40.0. The van der Waals surface area contributed by atoms with Gasteiger partial charge in [0, 0.05) is 24.7 Å². The van der Waals surface area contributed by atoms with Crippen molar-refractivity contribution in [3.05, 3.63) is 53.1 Å². The molecule has 0 saturated carbocycles. The lowest BCUT2D eigenvalue weighted by atomic mass is 10.2. The maximum Gasteiger partial charge on any atom is 0.294 e. The Morgan fingerprint density at radius 3 is 2.57 bits per heavy atom. The van der Waals surface area contributed by atoms with Crippen molar-refractivity contribution in [2.75, 3.05) is 32.8 Å². The van der Waals surface area contributed by atoms with Crippen LogP contribution in [0.4, 0.5) is 4.79 Å². The van der Waals surface area contributed by atoms with Crippen LogP contribution in [-0.2, 0) is 14.3 Å². The second kappa shape index (κ2) is 8.04. The first kappa shape index (κ1) is 18.5. The SMILES string of the molecule is O=C(CN1C(=O)S/C(=C/c2ccc(-c3ccccc3)o2)C1=O)N1CCOCC1. The first-order valence-electron chi connectivity index (χ1n) is 8.88. The number of benzene rings is 1. The summed E-state index contributed by atoms with van der Waals surface area (Å²) in [6, 6.07) is 13.1. The van der Waals surface area contributed by atoms with E-state index < -0.39 is 11.1 Å². The zero-order chi connectivity index (χ0) is 19.5. The average molecular weight is 398 g/mol. The van der Waals surface area contributed by atoms with Crippen LogP contribution in [0.5, 0.6) is 0 Å². The smallest absolute Gasteiger partial charge is 0.294 e. The van der Waals surface area contributed by atoms with Gasteiger partial charge >= 0.3 is 0 Å². The number of furan rings is 1. The van der Waals surface area contributed by atoms with E-state index in [1.807, 2.05) is 36.4 Å². The molecule has 0 bridgehead atoms. The van der Waals surface area contributed by atoms with E-state index in [0.717, 1.165) is 22.2 Å². The van der Waals surface area contributed by atoms with Gasteiger partial charge in [0.1, 0.15) is 18.1 Å². The monoisotopic (exact) mass is 398 g/mol. The number of carbonyl (C=O) groups is 3. The molecule has 144 valence electrons. The Bertz CT molecular complexity index is 931. The normalized spacial score (nSPS) is 18.9. The van der Waals surface area contributed by atoms with Crippen LogP contribution >= 0.6 is 11.8 Å². The molecule has 2 aliphatic rings. The molecule has 0 spiro atoms. The third-order valence-electron chi connectivity index (χ3n) is 4.49. The van der Waals surface area contributed by atoms with Gasteiger partial charge in [0.25, 0.3) is 11.1 Å². The largest absolute Gasteiger partial charge is 0.457 e. The zero-order valence-corrected chi connectivity index (χ0v) is 15.8. The minimum Gasteiger partial charge on any atom is -0.457 e. The molecule has 1 aromatic heterocycles. The van der Waals surface area contributed by atoms with Crippen molar-refractivity contribution < 1.29 is 23.5 Å². The fourth-order valence-electron chi connectivity index (χ4n) is 3.00. The van der Waals surface area contributed by atoms with Gasteiger partial charge in [0.15, 0.2) is 0 Å². The zero-order valence-electron chi connectivity index (χ0n) is 15.0. The number of nitrogens with zero attached hydrogens (tertiary/aromatic N) is 2. The number of imide groups is 1. The lowest BCUT2D eigenvalue weighted by Gasteiger charge is -2.27. The summed E-state index contributed by atoms with van der Waals surface area (Å²) in [6.07, 6.45) is 1.54. The predicted octanol–water partition coefficient (Wildman–Crippen LogP) is 2.84. The van der Waals surface area contributed by atoms with Crippen LogP contribution in [-0.4, -0.2) is 59.7 Å². The summed E-state index contributed by atoms with van der Waals surface area (Å²) < 4.78 is 11.0. The molecule has 1 aromatic carbocycles. The number of rotatable bonds is 4. The third-order valence-corrected chi connectivity index (χ3v) is 5.40. The number of ether oxygens (including phenoxy) is 1. The third kappa shape index (κ3) is 3.88. The van der Waals surface area contributed by atoms with Crippen LogP contribution in [0, 0.1) is 0 Å². The Morgan fingerprint density at radius 1 is 1.07 bits per heavy atom. The fourth-order valence-corrected chi connectivity index (χ4v) is 3.82. The Labute approximate surface area is 165 Å². The fraction of sp³-hybridized carbons (Fsp3) is 0.250. The van der Waals surface area contributed by atoms with E-state index >= 15 is 0 Å². The van der Waals surface area contributed by atoms with Crippen molar-refractivity contribution in [3.8, 4) is 11.3 Å². The summed E-state index contributed by atoms with van der Waals surface area (Å²) in [5.74, 6) is 0.419.